The van der Waals surface area contributed by atoms with Crippen LogP contribution in [0.4, 0.5) is 11.4 Å². The fourth-order valence-corrected chi connectivity index (χ4v) is 6.04. The van der Waals surface area contributed by atoms with Gasteiger partial charge in [0.25, 0.3) is 10.0 Å². The van der Waals surface area contributed by atoms with Crippen LogP contribution in [0.3, 0.4) is 0 Å². The fraction of sp³-hybridized carbons (Fsp3) is 0.278. The Hall–Kier alpha value is -2.39. The van der Waals surface area contributed by atoms with Crippen molar-refractivity contribution in [2.75, 3.05) is 14.8 Å². The van der Waals surface area contributed by atoms with Crippen LogP contribution < -0.4 is 9.03 Å². The van der Waals surface area contributed by atoms with Crippen molar-refractivity contribution in [1.82, 2.24) is 0 Å². The fourth-order valence-electron chi connectivity index (χ4n) is 3.02. The Labute approximate surface area is 159 Å². The Kier molecular flexibility index (Phi) is 4.77. The highest BCUT2D eigenvalue weighted by molar-refractivity contribution is 7.94. The van der Waals surface area contributed by atoms with Crippen LogP contribution in [-0.2, 0) is 24.8 Å². The van der Waals surface area contributed by atoms with Crippen molar-refractivity contribution in [3.8, 4) is 0 Å². The molecule has 1 fully saturated rings. The van der Waals surface area contributed by atoms with E-state index in [9.17, 15) is 21.6 Å². The van der Waals surface area contributed by atoms with E-state index in [4.69, 9.17) is 0 Å². The predicted molar refractivity (Wildman–Crippen MR) is 104 cm³/mol. The van der Waals surface area contributed by atoms with Crippen LogP contribution in [0.2, 0.25) is 0 Å². The highest BCUT2D eigenvalue weighted by Crippen LogP contribution is 2.30. The minimum Gasteiger partial charge on any atom is -0.279 e. The standard InChI is InChI=1S/C18H20N2O5S2/c1-12-5-4-6-13(2)17(12)19-27(24,25)16-9-7-15(8-10-16)20-18(21)14(3)11-26(20,22)23/h4-10,14,19H,11H2,1-3H3. The third-order valence-corrected chi connectivity index (χ3v) is 7.69. The summed E-state index contributed by atoms with van der Waals surface area (Å²) in [6.45, 7) is 5.16. The number of carbonyl (C=O) groups excluding carboxylic acids is 1. The summed E-state index contributed by atoms with van der Waals surface area (Å²) in [5.41, 5.74) is 2.22. The van der Waals surface area contributed by atoms with Gasteiger partial charge in [-0.2, -0.15) is 0 Å². The van der Waals surface area contributed by atoms with Gasteiger partial charge in [0.2, 0.25) is 15.9 Å². The van der Waals surface area contributed by atoms with E-state index < -0.39 is 31.9 Å². The summed E-state index contributed by atoms with van der Waals surface area (Å²) in [7, 11) is -7.58. The number of anilines is 2. The lowest BCUT2D eigenvalue weighted by molar-refractivity contribution is -0.119. The molecule has 1 unspecified atom stereocenters. The molecule has 1 aliphatic heterocycles. The Bertz CT molecular complexity index is 1090. The van der Waals surface area contributed by atoms with Crippen LogP contribution in [0.25, 0.3) is 0 Å². The van der Waals surface area contributed by atoms with Gasteiger partial charge in [0.05, 0.1) is 27.9 Å². The average molecular weight is 409 g/mol. The summed E-state index contributed by atoms with van der Waals surface area (Å²) in [5, 5.41) is 0. The molecule has 1 heterocycles. The molecule has 0 saturated carbocycles. The lowest BCUT2D eigenvalue weighted by Gasteiger charge is -2.16. The monoisotopic (exact) mass is 408 g/mol. The van der Waals surface area contributed by atoms with Crippen LogP contribution in [0.1, 0.15) is 18.1 Å². The molecule has 0 spiro atoms. The summed E-state index contributed by atoms with van der Waals surface area (Å²) < 4.78 is 53.0. The van der Waals surface area contributed by atoms with Crippen molar-refractivity contribution in [1.29, 1.82) is 0 Å². The van der Waals surface area contributed by atoms with Gasteiger partial charge in [0.1, 0.15) is 0 Å². The number of amides is 1. The molecule has 3 rings (SSSR count). The van der Waals surface area contributed by atoms with E-state index in [1.54, 1.807) is 32.9 Å². The maximum Gasteiger partial charge on any atom is 0.261 e. The number of hydrogen-bond donors (Lipinski definition) is 1. The first-order valence-electron chi connectivity index (χ1n) is 8.29. The van der Waals surface area contributed by atoms with Gasteiger partial charge in [0.15, 0.2) is 0 Å². The van der Waals surface area contributed by atoms with Gasteiger partial charge in [-0.1, -0.05) is 25.1 Å². The third-order valence-electron chi connectivity index (χ3n) is 4.46. The number of nitrogens with one attached hydrogen (secondary N) is 1. The second-order valence-electron chi connectivity index (χ2n) is 6.65. The number of rotatable bonds is 4. The van der Waals surface area contributed by atoms with Crippen molar-refractivity contribution >= 4 is 37.3 Å². The lowest BCUT2D eigenvalue weighted by atomic mass is 10.1. The molecule has 1 saturated heterocycles. The normalized spacial score (nSPS) is 19.3. The molecule has 1 N–H and O–H groups in total. The van der Waals surface area contributed by atoms with Crippen molar-refractivity contribution in [2.45, 2.75) is 25.7 Å². The van der Waals surface area contributed by atoms with Crippen LogP contribution in [0.5, 0.6) is 0 Å². The number of carbonyl (C=O) groups is 1. The highest BCUT2D eigenvalue weighted by atomic mass is 32.2. The van der Waals surface area contributed by atoms with Crippen molar-refractivity contribution < 1.29 is 21.6 Å². The van der Waals surface area contributed by atoms with Crippen LogP contribution in [0.15, 0.2) is 47.4 Å². The molecular weight excluding hydrogens is 388 g/mol. The zero-order valence-corrected chi connectivity index (χ0v) is 16.8. The molecule has 1 atom stereocenters. The van der Waals surface area contributed by atoms with Gasteiger partial charge in [-0.05, 0) is 49.2 Å². The molecule has 0 aromatic heterocycles. The quantitative estimate of drug-likeness (QED) is 0.837. The zero-order chi connectivity index (χ0) is 20.0. The van der Waals surface area contributed by atoms with Crippen molar-refractivity contribution in [2.24, 2.45) is 5.92 Å². The average Bonchev–Trinajstić information content (AvgIpc) is 2.79. The first kappa shape index (κ1) is 19.4. The maximum absolute atomic E-state index is 12.7. The van der Waals surface area contributed by atoms with E-state index in [1.807, 2.05) is 6.07 Å². The van der Waals surface area contributed by atoms with E-state index in [2.05, 4.69) is 4.72 Å². The Morgan fingerprint density at radius 2 is 1.59 bits per heavy atom. The van der Waals surface area contributed by atoms with E-state index in [1.165, 1.54) is 24.3 Å². The summed E-state index contributed by atoms with van der Waals surface area (Å²) in [4.78, 5) is 12.1. The van der Waals surface area contributed by atoms with Crippen LogP contribution in [-0.4, -0.2) is 28.5 Å². The molecule has 2 aromatic carbocycles. The number of sulfonamides is 2. The summed E-state index contributed by atoms with van der Waals surface area (Å²) >= 11 is 0. The first-order chi connectivity index (χ1) is 12.5. The van der Waals surface area contributed by atoms with Gasteiger partial charge in [-0.15, -0.1) is 0 Å². The molecule has 0 bridgehead atoms. The Morgan fingerprint density at radius 3 is 2.07 bits per heavy atom. The van der Waals surface area contributed by atoms with E-state index in [0.29, 0.717) is 5.69 Å². The zero-order valence-electron chi connectivity index (χ0n) is 15.1. The first-order valence-corrected chi connectivity index (χ1v) is 11.4. The molecule has 1 aliphatic rings. The largest absolute Gasteiger partial charge is 0.279 e. The molecule has 0 aliphatic carbocycles. The molecular formula is C18H20N2O5S2. The number of para-hydroxylation sites is 1. The molecule has 144 valence electrons. The molecule has 0 radical (unpaired) electrons. The number of nitrogens with zero attached hydrogens (tertiary/aromatic N) is 1. The molecule has 2 aromatic rings. The molecule has 9 heteroatoms. The SMILES string of the molecule is Cc1cccc(C)c1NS(=O)(=O)c1ccc(N2C(=O)C(C)CS2(=O)=O)cc1. The molecule has 1 amide bonds. The molecule has 27 heavy (non-hydrogen) atoms. The number of hydrogen-bond acceptors (Lipinski definition) is 5. The van der Waals surface area contributed by atoms with Gasteiger partial charge >= 0.3 is 0 Å². The van der Waals surface area contributed by atoms with E-state index >= 15 is 0 Å². The Morgan fingerprint density at radius 1 is 1.04 bits per heavy atom. The van der Waals surface area contributed by atoms with Crippen molar-refractivity contribution in [3.05, 3.63) is 53.6 Å². The third kappa shape index (κ3) is 3.57. The van der Waals surface area contributed by atoms with Gasteiger partial charge < -0.3 is 0 Å². The van der Waals surface area contributed by atoms with Crippen LogP contribution in [0, 0.1) is 19.8 Å². The topological polar surface area (TPSA) is 101 Å². The second kappa shape index (κ2) is 6.65. The smallest absolute Gasteiger partial charge is 0.261 e. The summed E-state index contributed by atoms with van der Waals surface area (Å²) in [5.74, 6) is -1.39. The summed E-state index contributed by atoms with van der Waals surface area (Å²) in [6.07, 6.45) is 0. The van der Waals surface area contributed by atoms with E-state index in [0.717, 1.165) is 15.4 Å². The van der Waals surface area contributed by atoms with Gasteiger partial charge in [-0.25, -0.2) is 21.1 Å². The number of aryl methyl sites for hydroxylation is 2. The lowest BCUT2D eigenvalue weighted by Crippen LogP contribution is -2.30. The number of benzene rings is 2. The minimum absolute atomic E-state index is 0.0222. The molecule has 7 nitrogen and oxygen atoms in total. The maximum atomic E-state index is 12.7. The van der Waals surface area contributed by atoms with Gasteiger partial charge in [0, 0.05) is 0 Å². The predicted octanol–water partition coefficient (Wildman–Crippen LogP) is 2.42. The van der Waals surface area contributed by atoms with E-state index in [-0.39, 0.29) is 16.3 Å². The second-order valence-corrected chi connectivity index (χ2v) is 10.2. The Balaban J connectivity index is 1.92. The van der Waals surface area contributed by atoms with Crippen molar-refractivity contribution in [3.63, 3.8) is 0 Å². The summed E-state index contributed by atoms with van der Waals surface area (Å²) in [6, 6.07) is 10.7. The highest BCUT2D eigenvalue weighted by Gasteiger charge is 2.41. The van der Waals surface area contributed by atoms with Crippen LogP contribution >= 0.6 is 0 Å². The minimum atomic E-state index is -3.85. The van der Waals surface area contributed by atoms with Gasteiger partial charge in [-0.3, -0.25) is 9.52 Å².